The number of hydrogen-bond acceptors (Lipinski definition) is 5. The third-order valence-corrected chi connectivity index (χ3v) is 4.04. The zero-order chi connectivity index (χ0) is 14.2. The van der Waals surface area contributed by atoms with E-state index in [1.807, 2.05) is 17.8 Å². The van der Waals surface area contributed by atoms with Gasteiger partial charge in [-0.15, -0.1) is 0 Å². The van der Waals surface area contributed by atoms with Crippen molar-refractivity contribution >= 4 is 17.4 Å². The molecule has 1 fully saturated rings. The van der Waals surface area contributed by atoms with Crippen LogP contribution in [0.15, 0.2) is 24.9 Å². The Hall–Kier alpha value is -1.66. The first-order valence-electron chi connectivity index (χ1n) is 6.51. The number of imidazole rings is 1. The van der Waals surface area contributed by atoms with Crippen LogP contribution in [0.25, 0.3) is 0 Å². The smallest absolute Gasteiger partial charge is 0.150 e. The van der Waals surface area contributed by atoms with Gasteiger partial charge in [-0.3, -0.25) is 0 Å². The van der Waals surface area contributed by atoms with E-state index in [-0.39, 0.29) is 0 Å². The summed E-state index contributed by atoms with van der Waals surface area (Å²) in [4.78, 5) is 14.4. The van der Waals surface area contributed by atoms with Gasteiger partial charge in [0.05, 0.1) is 6.20 Å². The van der Waals surface area contributed by atoms with Crippen molar-refractivity contribution in [2.75, 3.05) is 18.0 Å². The number of anilines is 1. The lowest BCUT2D eigenvalue weighted by atomic mass is 9.90. The molecular formula is C13H16ClN5O. The quantitative estimate of drug-likeness (QED) is 0.905. The minimum Gasteiger partial charge on any atom is -0.382 e. The lowest BCUT2D eigenvalue weighted by Crippen LogP contribution is -2.44. The molecule has 1 aliphatic heterocycles. The van der Waals surface area contributed by atoms with Gasteiger partial charge in [-0.1, -0.05) is 11.6 Å². The van der Waals surface area contributed by atoms with Crippen molar-refractivity contribution < 1.29 is 5.11 Å². The number of hydrogen-bond donors (Lipinski definition) is 1. The molecular weight excluding hydrogens is 278 g/mol. The van der Waals surface area contributed by atoms with Crippen LogP contribution in [0.2, 0.25) is 5.02 Å². The van der Waals surface area contributed by atoms with Gasteiger partial charge in [0.15, 0.2) is 5.82 Å². The number of aryl methyl sites for hydroxylation is 1. The van der Waals surface area contributed by atoms with Gasteiger partial charge in [-0.25, -0.2) is 15.0 Å². The fourth-order valence-corrected chi connectivity index (χ4v) is 2.89. The fourth-order valence-electron chi connectivity index (χ4n) is 2.66. The summed E-state index contributed by atoms with van der Waals surface area (Å²) in [6.45, 7) is 1.36. The minimum absolute atomic E-state index is 0.537. The normalized spacial score (nSPS) is 18.2. The van der Waals surface area contributed by atoms with Crippen LogP contribution in [0.5, 0.6) is 0 Å². The topological polar surface area (TPSA) is 67.1 Å². The molecule has 0 amide bonds. The molecule has 106 valence electrons. The van der Waals surface area contributed by atoms with E-state index in [0.29, 0.717) is 36.8 Å². The number of aliphatic hydroxyl groups is 1. The second-order valence-electron chi connectivity index (χ2n) is 5.07. The molecule has 3 rings (SSSR count). The van der Waals surface area contributed by atoms with E-state index in [1.54, 1.807) is 12.4 Å². The molecule has 2 aromatic rings. The summed E-state index contributed by atoms with van der Waals surface area (Å²) in [7, 11) is 1.90. The number of nitrogens with zero attached hydrogens (tertiary/aromatic N) is 5. The Morgan fingerprint density at radius 3 is 2.65 bits per heavy atom. The molecule has 20 heavy (non-hydrogen) atoms. The van der Waals surface area contributed by atoms with Crippen molar-refractivity contribution in [2.45, 2.75) is 18.4 Å². The monoisotopic (exact) mass is 293 g/mol. The van der Waals surface area contributed by atoms with Crippen molar-refractivity contribution in [2.24, 2.45) is 7.05 Å². The molecule has 6 nitrogen and oxygen atoms in total. The zero-order valence-corrected chi connectivity index (χ0v) is 12.0. The van der Waals surface area contributed by atoms with E-state index < -0.39 is 5.60 Å². The van der Waals surface area contributed by atoms with Crippen LogP contribution < -0.4 is 4.90 Å². The first kappa shape index (κ1) is 13.3. The molecule has 1 N–H and O–H groups in total. The summed E-state index contributed by atoms with van der Waals surface area (Å²) in [5.74, 6) is 1.44. The molecule has 7 heteroatoms. The van der Waals surface area contributed by atoms with Crippen LogP contribution in [0.1, 0.15) is 18.7 Å². The van der Waals surface area contributed by atoms with Crippen LogP contribution in [0.4, 0.5) is 5.82 Å². The summed E-state index contributed by atoms with van der Waals surface area (Å²) in [5, 5.41) is 11.3. The lowest BCUT2D eigenvalue weighted by molar-refractivity contribution is 0.000671. The van der Waals surface area contributed by atoms with Crippen molar-refractivity contribution in [1.29, 1.82) is 0 Å². The van der Waals surface area contributed by atoms with Crippen LogP contribution in [0.3, 0.4) is 0 Å². The van der Waals surface area contributed by atoms with Crippen molar-refractivity contribution in [3.05, 3.63) is 35.8 Å². The van der Waals surface area contributed by atoms with Gasteiger partial charge in [-0.2, -0.15) is 0 Å². The maximum Gasteiger partial charge on any atom is 0.150 e. The second-order valence-corrected chi connectivity index (χ2v) is 5.48. The number of aromatic nitrogens is 4. The Balaban J connectivity index is 1.77. The van der Waals surface area contributed by atoms with Gasteiger partial charge >= 0.3 is 0 Å². The molecule has 1 saturated heterocycles. The van der Waals surface area contributed by atoms with Crippen molar-refractivity contribution in [3.63, 3.8) is 0 Å². The van der Waals surface area contributed by atoms with Gasteiger partial charge < -0.3 is 14.6 Å². The molecule has 0 saturated carbocycles. The Morgan fingerprint density at radius 1 is 1.30 bits per heavy atom. The standard InChI is InChI=1S/C13H16ClN5O/c1-18-7-4-16-12(18)13(20)2-5-19(6-3-13)11-10(14)8-15-9-17-11/h4,7-9,20H,2-3,5-6H2,1H3. The van der Waals surface area contributed by atoms with Gasteiger partial charge in [0.25, 0.3) is 0 Å². The number of piperidine rings is 1. The SMILES string of the molecule is Cn1ccnc1C1(O)CCN(c2ncncc2Cl)CC1. The van der Waals surface area contributed by atoms with Gasteiger partial charge in [0.2, 0.25) is 0 Å². The van der Waals surface area contributed by atoms with E-state index in [0.717, 1.165) is 5.82 Å². The summed E-state index contributed by atoms with van der Waals surface area (Å²) >= 11 is 6.11. The predicted molar refractivity (Wildman–Crippen MR) is 75.6 cm³/mol. The molecule has 0 aromatic carbocycles. The zero-order valence-electron chi connectivity index (χ0n) is 11.2. The molecule has 2 aromatic heterocycles. The molecule has 3 heterocycles. The molecule has 1 aliphatic rings. The summed E-state index contributed by atoms with van der Waals surface area (Å²) in [6.07, 6.45) is 7.82. The molecule has 0 bridgehead atoms. The van der Waals surface area contributed by atoms with E-state index in [1.165, 1.54) is 6.33 Å². The first-order valence-corrected chi connectivity index (χ1v) is 6.88. The Bertz CT molecular complexity index is 606. The predicted octanol–water partition coefficient (Wildman–Crippen LogP) is 1.35. The lowest BCUT2D eigenvalue weighted by Gasteiger charge is -2.38. The van der Waals surface area contributed by atoms with Gasteiger partial charge in [0, 0.05) is 45.4 Å². The number of halogens is 1. The molecule has 0 unspecified atom stereocenters. The van der Waals surface area contributed by atoms with E-state index in [2.05, 4.69) is 19.9 Å². The summed E-state index contributed by atoms with van der Waals surface area (Å²) < 4.78 is 1.87. The van der Waals surface area contributed by atoms with Crippen LogP contribution in [-0.4, -0.2) is 37.7 Å². The van der Waals surface area contributed by atoms with Crippen molar-refractivity contribution in [3.8, 4) is 0 Å². The highest BCUT2D eigenvalue weighted by Gasteiger charge is 2.37. The third-order valence-electron chi connectivity index (χ3n) is 3.78. The Labute approximate surface area is 122 Å². The van der Waals surface area contributed by atoms with Crippen LogP contribution >= 0.6 is 11.6 Å². The summed E-state index contributed by atoms with van der Waals surface area (Å²) in [6, 6.07) is 0. The average Bonchev–Trinajstić information content (AvgIpc) is 2.88. The van der Waals surface area contributed by atoms with Crippen LogP contribution in [0, 0.1) is 0 Å². The Kier molecular flexibility index (Phi) is 3.35. The van der Waals surface area contributed by atoms with E-state index in [4.69, 9.17) is 11.6 Å². The highest BCUT2D eigenvalue weighted by molar-refractivity contribution is 6.32. The number of rotatable bonds is 2. The van der Waals surface area contributed by atoms with Crippen molar-refractivity contribution in [1.82, 2.24) is 19.5 Å². The molecule has 0 spiro atoms. The van der Waals surface area contributed by atoms with E-state index in [9.17, 15) is 5.11 Å². The molecule has 0 atom stereocenters. The molecule has 0 radical (unpaired) electrons. The first-order chi connectivity index (χ1) is 9.60. The molecule has 0 aliphatic carbocycles. The van der Waals surface area contributed by atoms with Gasteiger partial charge in [0.1, 0.15) is 22.8 Å². The average molecular weight is 294 g/mol. The fraction of sp³-hybridized carbons (Fsp3) is 0.462. The van der Waals surface area contributed by atoms with E-state index >= 15 is 0 Å². The largest absolute Gasteiger partial charge is 0.382 e. The van der Waals surface area contributed by atoms with Gasteiger partial charge in [-0.05, 0) is 0 Å². The second kappa shape index (κ2) is 5.03. The maximum absolute atomic E-state index is 10.8. The third kappa shape index (κ3) is 2.25. The Morgan fingerprint density at radius 2 is 2.05 bits per heavy atom. The van der Waals surface area contributed by atoms with Crippen LogP contribution in [-0.2, 0) is 12.6 Å². The minimum atomic E-state index is -0.881. The summed E-state index contributed by atoms with van der Waals surface area (Å²) in [5.41, 5.74) is -0.881. The highest BCUT2D eigenvalue weighted by Crippen LogP contribution is 2.34. The highest BCUT2D eigenvalue weighted by atomic mass is 35.5. The maximum atomic E-state index is 10.8.